The summed E-state index contributed by atoms with van der Waals surface area (Å²) < 4.78 is 11.2. The summed E-state index contributed by atoms with van der Waals surface area (Å²) in [6.07, 6.45) is 0. The van der Waals surface area contributed by atoms with Gasteiger partial charge in [-0.15, -0.1) is 22.7 Å². The Morgan fingerprint density at radius 3 is 1.40 bits per heavy atom. The van der Waals surface area contributed by atoms with E-state index in [2.05, 4.69) is 25.9 Å². The minimum atomic E-state index is -0.419. The van der Waals surface area contributed by atoms with Gasteiger partial charge in [0.15, 0.2) is 0 Å². The topological polar surface area (TPSA) is 78.4 Å². The number of halogens is 3. The maximum absolute atomic E-state index is 12.1. The van der Waals surface area contributed by atoms with Gasteiger partial charge in [-0.1, -0.05) is 106 Å². The summed E-state index contributed by atoms with van der Waals surface area (Å²) in [4.78, 5) is 35.0. The van der Waals surface area contributed by atoms with E-state index in [9.17, 15) is 9.59 Å². The van der Waals surface area contributed by atoms with Crippen molar-refractivity contribution in [1.29, 1.82) is 0 Å². The van der Waals surface area contributed by atoms with Gasteiger partial charge in [0, 0.05) is 25.6 Å². The van der Waals surface area contributed by atoms with E-state index in [0.717, 1.165) is 47.9 Å². The second kappa shape index (κ2) is 16.3. The van der Waals surface area contributed by atoms with Gasteiger partial charge in [-0.05, 0) is 61.4 Å². The van der Waals surface area contributed by atoms with E-state index < -0.39 is 5.97 Å². The molecule has 0 aliphatic rings. The first kappa shape index (κ1) is 34.5. The highest BCUT2D eigenvalue weighted by molar-refractivity contribution is 9.10. The summed E-state index contributed by atoms with van der Waals surface area (Å²) in [6.45, 7) is 4.21. The molecule has 4 aromatic carbocycles. The van der Waals surface area contributed by atoms with Gasteiger partial charge in [-0.3, -0.25) is 0 Å². The van der Waals surface area contributed by atoms with Crippen LogP contribution in [0.25, 0.3) is 43.4 Å². The minimum Gasteiger partial charge on any atom is -0.461 e. The second-order valence-corrected chi connectivity index (χ2v) is 13.5. The van der Waals surface area contributed by atoms with E-state index in [-0.39, 0.29) is 5.97 Å². The maximum atomic E-state index is 12.1. The highest BCUT2D eigenvalue weighted by Crippen LogP contribution is 2.39. The van der Waals surface area contributed by atoms with Crippen LogP contribution in [-0.2, 0) is 9.47 Å². The molecular weight excluding hydrogens is 739 g/mol. The van der Waals surface area contributed by atoms with Crippen LogP contribution in [0.5, 0.6) is 0 Å². The summed E-state index contributed by atoms with van der Waals surface area (Å²) in [7, 11) is 0. The molecule has 6 rings (SSSR count). The first-order chi connectivity index (χ1) is 22.8. The molecule has 0 aliphatic carbocycles. The molecular formula is C36H27BrCl2N2O4S2. The van der Waals surface area contributed by atoms with Crippen LogP contribution < -0.4 is 0 Å². The zero-order chi connectivity index (χ0) is 33.3. The Morgan fingerprint density at radius 2 is 0.979 bits per heavy atom. The summed E-state index contributed by atoms with van der Waals surface area (Å²) in [5.41, 5.74) is 5.37. The molecule has 0 radical (unpaired) electrons. The number of rotatable bonds is 8. The molecule has 0 aliphatic heterocycles. The predicted molar refractivity (Wildman–Crippen MR) is 196 cm³/mol. The number of carbonyl (C=O) groups is 2. The fraction of sp³-hybridized carbons (Fsp3) is 0.111. The van der Waals surface area contributed by atoms with Gasteiger partial charge in [0.1, 0.15) is 0 Å². The number of thiazole rings is 2. The number of hydrogen-bond acceptors (Lipinski definition) is 8. The van der Waals surface area contributed by atoms with Gasteiger partial charge in [-0.25, -0.2) is 19.6 Å². The largest absolute Gasteiger partial charge is 0.461 e. The van der Waals surface area contributed by atoms with Crippen LogP contribution in [0.4, 0.5) is 0 Å². The van der Waals surface area contributed by atoms with Crippen molar-refractivity contribution >= 4 is 73.7 Å². The maximum Gasteiger partial charge on any atom is 0.367 e. The summed E-state index contributed by atoms with van der Waals surface area (Å²) in [6, 6.07) is 32.7. The molecule has 238 valence electrons. The van der Waals surface area contributed by atoms with Crippen LogP contribution in [0.1, 0.15) is 33.5 Å². The molecule has 0 spiro atoms. The zero-order valence-corrected chi connectivity index (χ0v) is 29.9. The van der Waals surface area contributed by atoms with Crippen molar-refractivity contribution in [2.24, 2.45) is 0 Å². The monoisotopic (exact) mass is 764 g/mol. The van der Waals surface area contributed by atoms with Crippen molar-refractivity contribution in [2.45, 2.75) is 13.8 Å². The Kier molecular flexibility index (Phi) is 12.0. The van der Waals surface area contributed by atoms with Crippen molar-refractivity contribution < 1.29 is 19.1 Å². The fourth-order valence-electron chi connectivity index (χ4n) is 4.39. The third kappa shape index (κ3) is 8.74. The van der Waals surface area contributed by atoms with Gasteiger partial charge in [0.25, 0.3) is 0 Å². The van der Waals surface area contributed by atoms with Crippen LogP contribution >= 0.6 is 61.8 Å². The van der Waals surface area contributed by atoms with Crippen LogP contribution in [0.3, 0.4) is 0 Å². The van der Waals surface area contributed by atoms with E-state index in [4.69, 9.17) is 32.7 Å². The average Bonchev–Trinajstić information content (AvgIpc) is 3.73. The van der Waals surface area contributed by atoms with Crippen LogP contribution in [-0.4, -0.2) is 35.1 Å². The lowest BCUT2D eigenvalue weighted by atomic mass is 10.1. The van der Waals surface area contributed by atoms with Crippen LogP contribution in [0.2, 0.25) is 10.0 Å². The normalized spacial score (nSPS) is 10.6. The molecule has 47 heavy (non-hydrogen) atoms. The van der Waals surface area contributed by atoms with Crippen molar-refractivity contribution in [3.05, 3.63) is 128 Å². The smallest absolute Gasteiger partial charge is 0.367 e. The number of hydrogen-bond donors (Lipinski definition) is 0. The Bertz CT molecular complexity index is 1900. The average molecular weight is 767 g/mol. The Hall–Kier alpha value is -3.86. The zero-order valence-electron chi connectivity index (χ0n) is 25.2. The molecule has 2 heterocycles. The minimum absolute atomic E-state index is 0.310. The third-order valence-corrected chi connectivity index (χ3v) is 9.73. The molecule has 0 amide bonds. The van der Waals surface area contributed by atoms with E-state index >= 15 is 0 Å². The quantitative estimate of drug-likeness (QED) is 0.144. The predicted octanol–water partition coefficient (Wildman–Crippen LogP) is 11.4. The van der Waals surface area contributed by atoms with Crippen molar-refractivity contribution in [2.75, 3.05) is 13.2 Å². The number of benzene rings is 4. The fourth-order valence-corrected chi connectivity index (χ4v) is 6.88. The lowest BCUT2D eigenvalue weighted by molar-refractivity contribution is 0.0516. The highest BCUT2D eigenvalue weighted by Gasteiger charge is 2.21. The first-order valence-electron chi connectivity index (χ1n) is 14.5. The first-order valence-corrected chi connectivity index (χ1v) is 17.6. The standard InChI is InChI=1S/C18H14BrNO2S.C18H13Cl2NO2S/c1-2-22-18(21)17-20-15(12-8-10-14(19)11-9-12)16(23-17)13-6-4-3-5-7-13;1-2-23-18(22)17-21-15(11-3-7-13(19)8-4-11)16(24-17)12-5-9-14(20)10-6-12/h3-11H,2H2,1H3;3-10H,2H2,1H3. The summed E-state index contributed by atoms with van der Waals surface area (Å²) >= 11 is 18.0. The van der Waals surface area contributed by atoms with Gasteiger partial charge >= 0.3 is 11.9 Å². The van der Waals surface area contributed by atoms with E-state index in [0.29, 0.717) is 33.3 Å². The van der Waals surface area contributed by atoms with Crippen LogP contribution in [0, 0.1) is 0 Å². The molecule has 0 fully saturated rings. The highest BCUT2D eigenvalue weighted by atomic mass is 79.9. The Labute approximate surface area is 299 Å². The van der Waals surface area contributed by atoms with Gasteiger partial charge < -0.3 is 9.47 Å². The molecule has 0 bridgehead atoms. The van der Waals surface area contributed by atoms with Crippen molar-refractivity contribution in [3.63, 3.8) is 0 Å². The molecule has 0 unspecified atom stereocenters. The lowest BCUT2D eigenvalue weighted by Gasteiger charge is -2.03. The number of aromatic nitrogens is 2. The molecule has 11 heteroatoms. The lowest BCUT2D eigenvalue weighted by Crippen LogP contribution is -2.03. The SMILES string of the molecule is CCOC(=O)c1nc(-c2ccc(Br)cc2)c(-c2ccccc2)s1.CCOC(=O)c1nc(-c2ccc(Cl)cc2)c(-c2ccc(Cl)cc2)s1. The van der Waals surface area contributed by atoms with Crippen LogP contribution in [0.15, 0.2) is 108 Å². The van der Waals surface area contributed by atoms with Gasteiger partial charge in [0.05, 0.1) is 34.4 Å². The molecule has 0 N–H and O–H groups in total. The van der Waals surface area contributed by atoms with Crippen molar-refractivity contribution in [1.82, 2.24) is 9.97 Å². The molecule has 0 saturated carbocycles. The molecule has 0 saturated heterocycles. The summed E-state index contributed by atoms with van der Waals surface area (Å²) in [5, 5.41) is 2.00. The second-order valence-electron chi connectivity index (χ2n) is 9.72. The van der Waals surface area contributed by atoms with Gasteiger partial charge in [0.2, 0.25) is 10.0 Å². The number of nitrogens with zero attached hydrogens (tertiary/aromatic N) is 2. The molecule has 2 aromatic heterocycles. The molecule has 6 nitrogen and oxygen atoms in total. The van der Waals surface area contributed by atoms with Gasteiger partial charge in [-0.2, -0.15) is 0 Å². The number of ether oxygens (including phenoxy) is 2. The van der Waals surface area contributed by atoms with E-state index in [1.807, 2.05) is 91.0 Å². The number of carbonyl (C=O) groups excluding carboxylic acids is 2. The Balaban J connectivity index is 0.000000185. The number of esters is 2. The van der Waals surface area contributed by atoms with Crippen molar-refractivity contribution in [3.8, 4) is 43.4 Å². The van der Waals surface area contributed by atoms with E-state index in [1.54, 1.807) is 26.0 Å². The molecule has 6 aromatic rings. The summed E-state index contributed by atoms with van der Waals surface area (Å²) in [5.74, 6) is -0.795. The molecule has 0 atom stereocenters. The van der Waals surface area contributed by atoms with E-state index in [1.165, 1.54) is 22.7 Å². The Morgan fingerprint density at radius 1 is 0.596 bits per heavy atom. The third-order valence-electron chi connectivity index (χ3n) is 6.53.